The fourth-order valence-electron chi connectivity index (χ4n) is 0.997. The zero-order valence-electron chi connectivity index (χ0n) is 7.37. The molecule has 0 aliphatic rings. The molecule has 2 N–H and O–H groups in total. The summed E-state index contributed by atoms with van der Waals surface area (Å²) in [5, 5.41) is 0. The number of nitrogens with two attached hydrogens (primary N) is 1. The lowest BCUT2D eigenvalue weighted by atomic mass is 9.85. The van der Waals surface area contributed by atoms with Crippen LogP contribution in [0.15, 0.2) is 30.3 Å². The first kappa shape index (κ1) is 9.20. The van der Waals surface area contributed by atoms with Gasteiger partial charge in [0, 0.05) is 5.41 Å². The van der Waals surface area contributed by atoms with Crippen molar-refractivity contribution in [3.63, 3.8) is 0 Å². The Kier molecular flexibility index (Phi) is 2.48. The highest BCUT2D eigenvalue weighted by Gasteiger charge is 2.22. The van der Waals surface area contributed by atoms with Gasteiger partial charge in [-0.25, -0.2) is 0 Å². The standard InChI is InChI=1S/C10H13NS/c1-10(2,9(11)12)8-6-4-3-5-7-8/h3-7H,1-2H3,(H2,11,12). The first-order valence-electron chi connectivity index (χ1n) is 3.90. The fraction of sp³-hybridized carbons (Fsp3) is 0.300. The molecule has 0 unspecified atom stereocenters. The van der Waals surface area contributed by atoms with Gasteiger partial charge in [0.25, 0.3) is 0 Å². The van der Waals surface area contributed by atoms with E-state index in [1.165, 1.54) is 0 Å². The van der Waals surface area contributed by atoms with Gasteiger partial charge in [0.15, 0.2) is 0 Å². The molecule has 0 radical (unpaired) electrons. The molecule has 0 saturated carbocycles. The van der Waals surface area contributed by atoms with Crippen molar-refractivity contribution in [2.75, 3.05) is 0 Å². The Balaban J connectivity index is 3.06. The number of hydrogen-bond donors (Lipinski definition) is 1. The number of hydrogen-bond acceptors (Lipinski definition) is 1. The maximum absolute atomic E-state index is 5.63. The van der Waals surface area contributed by atoms with Gasteiger partial charge in [-0.1, -0.05) is 42.5 Å². The zero-order chi connectivity index (χ0) is 9.19. The van der Waals surface area contributed by atoms with Crippen LogP contribution in [0.3, 0.4) is 0 Å². The minimum absolute atomic E-state index is 0.198. The molecule has 12 heavy (non-hydrogen) atoms. The van der Waals surface area contributed by atoms with Crippen LogP contribution in [0.1, 0.15) is 19.4 Å². The van der Waals surface area contributed by atoms with E-state index in [1.54, 1.807) is 0 Å². The monoisotopic (exact) mass is 179 g/mol. The first-order chi connectivity index (χ1) is 5.55. The van der Waals surface area contributed by atoms with Crippen molar-refractivity contribution < 1.29 is 0 Å². The molecule has 1 nitrogen and oxygen atoms in total. The molecule has 2 heteroatoms. The van der Waals surface area contributed by atoms with Gasteiger partial charge in [-0.2, -0.15) is 0 Å². The molecule has 0 aliphatic heterocycles. The van der Waals surface area contributed by atoms with Gasteiger partial charge < -0.3 is 5.73 Å². The molecule has 64 valence electrons. The van der Waals surface area contributed by atoms with E-state index in [-0.39, 0.29) is 5.41 Å². The molecule has 0 bridgehead atoms. The van der Waals surface area contributed by atoms with Gasteiger partial charge in [-0.15, -0.1) is 0 Å². The van der Waals surface area contributed by atoms with Gasteiger partial charge in [0.05, 0.1) is 4.99 Å². The minimum Gasteiger partial charge on any atom is -0.393 e. The highest BCUT2D eigenvalue weighted by atomic mass is 32.1. The summed E-state index contributed by atoms with van der Waals surface area (Å²) in [4.78, 5) is 0.536. The molecule has 0 aliphatic carbocycles. The Hall–Kier alpha value is -0.890. The summed E-state index contributed by atoms with van der Waals surface area (Å²) in [6, 6.07) is 10.1. The third-order valence-electron chi connectivity index (χ3n) is 2.11. The number of benzene rings is 1. The predicted octanol–water partition coefficient (Wildman–Crippen LogP) is 2.25. The Labute approximate surface area is 78.6 Å². The quantitative estimate of drug-likeness (QED) is 0.705. The SMILES string of the molecule is CC(C)(C(N)=S)c1ccccc1. The highest BCUT2D eigenvalue weighted by Crippen LogP contribution is 2.22. The Morgan fingerprint density at radius 2 is 1.75 bits per heavy atom. The Morgan fingerprint density at radius 3 is 2.17 bits per heavy atom. The van der Waals surface area contributed by atoms with Gasteiger partial charge >= 0.3 is 0 Å². The third-order valence-corrected chi connectivity index (χ3v) is 2.62. The van der Waals surface area contributed by atoms with E-state index in [0.29, 0.717) is 4.99 Å². The van der Waals surface area contributed by atoms with Crippen molar-refractivity contribution in [1.82, 2.24) is 0 Å². The Bertz CT molecular complexity index is 277. The van der Waals surface area contributed by atoms with Crippen LogP contribution in [0.5, 0.6) is 0 Å². The summed E-state index contributed by atoms with van der Waals surface area (Å²) in [7, 11) is 0. The maximum atomic E-state index is 5.63. The smallest absolute Gasteiger partial charge is 0.0828 e. The molecular formula is C10H13NS. The van der Waals surface area contributed by atoms with E-state index in [9.17, 15) is 0 Å². The van der Waals surface area contributed by atoms with Crippen LogP contribution < -0.4 is 5.73 Å². The van der Waals surface area contributed by atoms with Crippen molar-refractivity contribution in [2.24, 2.45) is 5.73 Å². The van der Waals surface area contributed by atoms with E-state index < -0.39 is 0 Å². The Morgan fingerprint density at radius 1 is 1.25 bits per heavy atom. The molecule has 0 aromatic heterocycles. The summed E-state index contributed by atoms with van der Waals surface area (Å²) in [6.07, 6.45) is 0. The minimum atomic E-state index is -0.198. The van der Waals surface area contributed by atoms with Crippen molar-refractivity contribution >= 4 is 17.2 Å². The summed E-state index contributed by atoms with van der Waals surface area (Å²) < 4.78 is 0. The van der Waals surface area contributed by atoms with Gasteiger partial charge in [-0.3, -0.25) is 0 Å². The molecule has 1 aromatic rings. The summed E-state index contributed by atoms with van der Waals surface area (Å²) in [5.74, 6) is 0. The third kappa shape index (κ3) is 1.64. The van der Waals surface area contributed by atoms with Crippen LogP contribution in [0.2, 0.25) is 0 Å². The van der Waals surface area contributed by atoms with Gasteiger partial charge in [-0.05, 0) is 19.4 Å². The van der Waals surface area contributed by atoms with Crippen molar-refractivity contribution in [1.29, 1.82) is 0 Å². The van der Waals surface area contributed by atoms with E-state index >= 15 is 0 Å². The van der Waals surface area contributed by atoms with Crippen molar-refractivity contribution in [2.45, 2.75) is 19.3 Å². The number of rotatable bonds is 2. The van der Waals surface area contributed by atoms with E-state index in [2.05, 4.69) is 0 Å². The summed E-state index contributed by atoms with van der Waals surface area (Å²) in [6.45, 7) is 4.06. The van der Waals surface area contributed by atoms with E-state index in [0.717, 1.165) is 5.56 Å². The topological polar surface area (TPSA) is 26.0 Å². The lowest BCUT2D eigenvalue weighted by molar-refractivity contribution is 0.722. The van der Waals surface area contributed by atoms with Gasteiger partial charge in [0.1, 0.15) is 0 Å². The second kappa shape index (κ2) is 3.23. The largest absolute Gasteiger partial charge is 0.393 e. The molecule has 0 atom stereocenters. The molecule has 1 rings (SSSR count). The van der Waals surface area contributed by atoms with Crippen LogP contribution in [-0.2, 0) is 5.41 Å². The maximum Gasteiger partial charge on any atom is 0.0828 e. The van der Waals surface area contributed by atoms with Crippen LogP contribution in [0.4, 0.5) is 0 Å². The van der Waals surface area contributed by atoms with Crippen LogP contribution in [-0.4, -0.2) is 4.99 Å². The second-order valence-electron chi connectivity index (χ2n) is 3.36. The van der Waals surface area contributed by atoms with Crippen LogP contribution in [0.25, 0.3) is 0 Å². The average Bonchev–Trinajstić information content (AvgIpc) is 2.06. The van der Waals surface area contributed by atoms with Crippen molar-refractivity contribution in [3.8, 4) is 0 Å². The summed E-state index contributed by atoms with van der Waals surface area (Å²) >= 11 is 4.99. The normalized spacial score (nSPS) is 11.2. The second-order valence-corrected chi connectivity index (χ2v) is 3.80. The van der Waals surface area contributed by atoms with Crippen molar-refractivity contribution in [3.05, 3.63) is 35.9 Å². The fourth-order valence-corrected chi connectivity index (χ4v) is 1.11. The zero-order valence-corrected chi connectivity index (χ0v) is 8.19. The molecule has 0 fully saturated rings. The lowest BCUT2D eigenvalue weighted by Crippen LogP contribution is -2.33. The highest BCUT2D eigenvalue weighted by molar-refractivity contribution is 7.80. The molecular weight excluding hydrogens is 166 g/mol. The van der Waals surface area contributed by atoms with E-state index in [1.807, 2.05) is 44.2 Å². The van der Waals surface area contributed by atoms with E-state index in [4.69, 9.17) is 18.0 Å². The predicted molar refractivity (Wildman–Crippen MR) is 56.3 cm³/mol. The lowest BCUT2D eigenvalue weighted by Gasteiger charge is -2.23. The first-order valence-corrected chi connectivity index (χ1v) is 4.31. The molecule has 0 spiro atoms. The number of thiocarbonyl (C=S) groups is 1. The molecule has 0 amide bonds. The average molecular weight is 179 g/mol. The van der Waals surface area contributed by atoms with Crippen LogP contribution >= 0.6 is 12.2 Å². The van der Waals surface area contributed by atoms with Gasteiger partial charge in [0.2, 0.25) is 0 Å². The molecule has 0 saturated heterocycles. The molecule has 0 heterocycles. The van der Waals surface area contributed by atoms with Crippen LogP contribution in [0, 0.1) is 0 Å². The summed E-state index contributed by atoms with van der Waals surface area (Å²) in [5.41, 5.74) is 6.60. The molecule has 1 aromatic carbocycles.